The molecule has 0 fully saturated rings. The van der Waals surface area contributed by atoms with Gasteiger partial charge in [-0.2, -0.15) is 0 Å². The van der Waals surface area contributed by atoms with Crippen molar-refractivity contribution in [3.05, 3.63) is 34.1 Å². The molecule has 0 heterocycles. The fourth-order valence-electron chi connectivity index (χ4n) is 0.815. The molecule has 1 aromatic carbocycles. The zero-order chi connectivity index (χ0) is 9.84. The first-order valence-corrected chi connectivity index (χ1v) is 4.85. The van der Waals surface area contributed by atoms with Gasteiger partial charge in [0.2, 0.25) is 0 Å². The van der Waals surface area contributed by atoms with E-state index in [0.717, 1.165) is 0 Å². The van der Waals surface area contributed by atoms with Gasteiger partial charge in [0.05, 0.1) is 16.7 Å². The van der Waals surface area contributed by atoms with Gasteiger partial charge in [-0.25, -0.2) is 0 Å². The predicted octanol–water partition coefficient (Wildman–Crippen LogP) is 4.25. The maximum absolute atomic E-state index is 5.87. The Morgan fingerprint density at radius 2 is 1.77 bits per heavy atom. The van der Waals surface area contributed by atoms with Gasteiger partial charge in [-0.1, -0.05) is 34.8 Å². The summed E-state index contributed by atoms with van der Waals surface area (Å²) >= 11 is 17.5. The molecule has 0 N–H and O–H groups in total. The summed E-state index contributed by atoms with van der Waals surface area (Å²) in [5.74, 6) is 0.430. The van der Waals surface area contributed by atoms with Gasteiger partial charge in [0.25, 0.3) is 0 Å². The molecule has 0 aliphatic carbocycles. The number of halogens is 3. The molecule has 0 aliphatic heterocycles. The number of rotatable bonds is 3. The molecular formula is C9H8Cl3O. The molecule has 0 unspecified atom stereocenters. The molecule has 4 heteroatoms. The fraction of sp³-hybridized carbons (Fsp3) is 0.222. The third-order valence-electron chi connectivity index (χ3n) is 1.39. The smallest absolute Gasteiger partial charge is 0.157 e. The Morgan fingerprint density at radius 1 is 1.15 bits per heavy atom. The molecule has 0 saturated heterocycles. The summed E-state index contributed by atoms with van der Waals surface area (Å²) in [5, 5.41) is 1.25. The Labute approximate surface area is 92.5 Å². The maximum atomic E-state index is 5.87. The van der Waals surface area contributed by atoms with Gasteiger partial charge in [-0.05, 0) is 25.5 Å². The molecule has 0 spiro atoms. The predicted molar refractivity (Wildman–Crippen MR) is 56.9 cm³/mol. The minimum atomic E-state index is 0.350. The largest absolute Gasteiger partial charge is 0.490 e. The number of hydrogen-bond acceptors (Lipinski definition) is 1. The van der Waals surface area contributed by atoms with Crippen molar-refractivity contribution in [2.24, 2.45) is 0 Å². The van der Waals surface area contributed by atoms with Crippen molar-refractivity contribution in [1.82, 2.24) is 0 Å². The molecule has 1 nitrogen and oxygen atoms in total. The summed E-state index contributed by atoms with van der Waals surface area (Å²) in [5.41, 5.74) is 0. The molecule has 71 valence electrons. The van der Waals surface area contributed by atoms with Crippen LogP contribution in [0, 0.1) is 6.92 Å². The van der Waals surface area contributed by atoms with Crippen LogP contribution in [-0.4, -0.2) is 6.61 Å². The van der Waals surface area contributed by atoms with Crippen LogP contribution in [0.5, 0.6) is 5.75 Å². The van der Waals surface area contributed by atoms with Gasteiger partial charge in [0, 0.05) is 0 Å². The van der Waals surface area contributed by atoms with Crippen LogP contribution < -0.4 is 4.74 Å². The average molecular weight is 239 g/mol. The number of benzene rings is 1. The van der Waals surface area contributed by atoms with Crippen molar-refractivity contribution in [2.75, 3.05) is 6.61 Å². The van der Waals surface area contributed by atoms with E-state index in [1.54, 1.807) is 12.1 Å². The summed E-state index contributed by atoms with van der Waals surface area (Å²) in [6.45, 7) is 4.11. The van der Waals surface area contributed by atoms with Crippen LogP contribution in [0.2, 0.25) is 15.1 Å². The molecule has 1 radical (unpaired) electrons. The van der Waals surface area contributed by atoms with E-state index in [1.165, 1.54) is 0 Å². The lowest BCUT2D eigenvalue weighted by molar-refractivity contribution is 0.325. The molecular weight excluding hydrogens is 230 g/mol. The highest BCUT2D eigenvalue weighted by Crippen LogP contribution is 2.37. The lowest BCUT2D eigenvalue weighted by Gasteiger charge is -2.09. The van der Waals surface area contributed by atoms with Gasteiger partial charge < -0.3 is 4.74 Å². The molecule has 0 saturated carbocycles. The first-order chi connectivity index (χ1) is 6.16. The second kappa shape index (κ2) is 4.94. The molecule has 0 amide bonds. The van der Waals surface area contributed by atoms with E-state index in [1.807, 2.05) is 0 Å². The topological polar surface area (TPSA) is 9.23 Å². The van der Waals surface area contributed by atoms with Crippen molar-refractivity contribution in [3.8, 4) is 5.75 Å². The van der Waals surface area contributed by atoms with E-state index >= 15 is 0 Å². The van der Waals surface area contributed by atoms with Gasteiger partial charge in [-0.15, -0.1) is 0 Å². The Balaban J connectivity index is 2.96. The van der Waals surface area contributed by atoms with Gasteiger partial charge >= 0.3 is 0 Å². The summed E-state index contributed by atoms with van der Waals surface area (Å²) in [6.07, 6.45) is 0.652. The van der Waals surface area contributed by atoms with Crippen LogP contribution in [0.25, 0.3) is 0 Å². The Kier molecular flexibility index (Phi) is 4.17. The lowest BCUT2D eigenvalue weighted by atomic mass is 10.3. The monoisotopic (exact) mass is 237 g/mol. The van der Waals surface area contributed by atoms with Crippen molar-refractivity contribution in [3.63, 3.8) is 0 Å². The third kappa shape index (κ3) is 2.67. The zero-order valence-electron chi connectivity index (χ0n) is 6.82. The van der Waals surface area contributed by atoms with E-state index in [0.29, 0.717) is 33.8 Å². The average Bonchev–Trinajstić information content (AvgIpc) is 2.12. The second-order valence-corrected chi connectivity index (χ2v) is 3.57. The van der Waals surface area contributed by atoms with Crippen LogP contribution in [0.1, 0.15) is 6.42 Å². The Bertz CT molecular complexity index is 299. The van der Waals surface area contributed by atoms with Crippen molar-refractivity contribution >= 4 is 34.8 Å². The standard InChI is InChI=1S/C9H8Cl3O/c1-2-5-13-9-7(11)4-3-6(10)8(9)12/h3-4H,1-2,5H2. The molecule has 0 aliphatic rings. The summed E-state index contributed by atoms with van der Waals surface area (Å²) in [4.78, 5) is 0. The van der Waals surface area contributed by atoms with Crippen LogP contribution in [0.3, 0.4) is 0 Å². The quantitative estimate of drug-likeness (QED) is 0.715. The maximum Gasteiger partial charge on any atom is 0.157 e. The minimum absolute atomic E-state index is 0.350. The summed E-state index contributed by atoms with van der Waals surface area (Å²) < 4.78 is 5.29. The van der Waals surface area contributed by atoms with Crippen LogP contribution >= 0.6 is 34.8 Å². The lowest BCUT2D eigenvalue weighted by Crippen LogP contribution is -1.96. The van der Waals surface area contributed by atoms with Crippen molar-refractivity contribution in [2.45, 2.75) is 6.42 Å². The minimum Gasteiger partial charge on any atom is -0.490 e. The summed E-state index contributed by atoms with van der Waals surface area (Å²) in [7, 11) is 0. The van der Waals surface area contributed by atoms with E-state index in [4.69, 9.17) is 39.5 Å². The number of ether oxygens (including phenoxy) is 1. The van der Waals surface area contributed by atoms with E-state index < -0.39 is 0 Å². The second-order valence-electron chi connectivity index (χ2n) is 2.37. The molecule has 0 aromatic heterocycles. The highest BCUT2D eigenvalue weighted by atomic mass is 35.5. The molecule has 13 heavy (non-hydrogen) atoms. The van der Waals surface area contributed by atoms with Crippen molar-refractivity contribution in [1.29, 1.82) is 0 Å². The van der Waals surface area contributed by atoms with E-state index in [9.17, 15) is 0 Å². The fourth-order valence-corrected chi connectivity index (χ4v) is 1.44. The van der Waals surface area contributed by atoms with Crippen LogP contribution in [-0.2, 0) is 0 Å². The normalized spacial score (nSPS) is 10.2. The van der Waals surface area contributed by atoms with Crippen LogP contribution in [0.4, 0.5) is 0 Å². The highest BCUT2D eigenvalue weighted by Gasteiger charge is 2.09. The number of hydrogen-bond donors (Lipinski definition) is 0. The Morgan fingerprint density at radius 3 is 2.38 bits per heavy atom. The van der Waals surface area contributed by atoms with E-state index in [-0.39, 0.29) is 0 Å². The molecule has 0 atom stereocenters. The van der Waals surface area contributed by atoms with E-state index in [2.05, 4.69) is 6.92 Å². The van der Waals surface area contributed by atoms with Gasteiger partial charge in [0.15, 0.2) is 5.75 Å². The first-order valence-electron chi connectivity index (χ1n) is 3.72. The highest BCUT2D eigenvalue weighted by molar-refractivity contribution is 6.44. The van der Waals surface area contributed by atoms with Crippen molar-refractivity contribution < 1.29 is 4.74 Å². The zero-order valence-corrected chi connectivity index (χ0v) is 9.09. The molecule has 1 rings (SSSR count). The van der Waals surface area contributed by atoms with Gasteiger partial charge in [0.1, 0.15) is 5.02 Å². The first kappa shape index (κ1) is 11.0. The van der Waals surface area contributed by atoms with Gasteiger partial charge in [-0.3, -0.25) is 0 Å². The third-order valence-corrected chi connectivity index (χ3v) is 2.48. The van der Waals surface area contributed by atoms with Crippen LogP contribution in [0.15, 0.2) is 12.1 Å². The molecule has 1 aromatic rings. The SMILES string of the molecule is [CH2]CCOc1c(Cl)ccc(Cl)c1Cl. The molecule has 0 bridgehead atoms. The summed E-state index contributed by atoms with van der Waals surface area (Å²) in [6, 6.07) is 3.28. The Hall–Kier alpha value is -0.110.